The van der Waals surface area contributed by atoms with Gasteiger partial charge in [0.2, 0.25) is 0 Å². The van der Waals surface area contributed by atoms with Crippen LogP contribution < -0.4 is 4.18 Å². The van der Waals surface area contributed by atoms with E-state index in [1.54, 1.807) is 0 Å². The lowest BCUT2D eigenvalue weighted by molar-refractivity contribution is 0.0600. The molecule has 22 heavy (non-hydrogen) atoms. The third-order valence-corrected chi connectivity index (χ3v) is 3.91. The lowest BCUT2D eigenvalue weighted by Gasteiger charge is -2.08. The van der Waals surface area contributed by atoms with Gasteiger partial charge in [0, 0.05) is 6.07 Å². The molecular weight excluding hydrogens is 318 g/mol. The fraction of sp³-hybridized carbons (Fsp3) is 0.0714. The van der Waals surface area contributed by atoms with Crippen LogP contribution in [0.4, 0.5) is 8.78 Å². The van der Waals surface area contributed by atoms with Gasteiger partial charge in [0.25, 0.3) is 0 Å². The van der Waals surface area contributed by atoms with Crippen LogP contribution in [0.2, 0.25) is 0 Å². The monoisotopic (exact) mass is 328 g/mol. The third kappa shape index (κ3) is 3.40. The van der Waals surface area contributed by atoms with Crippen molar-refractivity contribution in [2.24, 2.45) is 0 Å². The highest BCUT2D eigenvalue weighted by atomic mass is 32.2. The molecule has 0 bridgehead atoms. The van der Waals surface area contributed by atoms with Crippen molar-refractivity contribution >= 4 is 16.1 Å². The molecule has 0 aliphatic heterocycles. The molecule has 0 saturated carbocycles. The lowest BCUT2D eigenvalue weighted by Crippen LogP contribution is -2.12. The van der Waals surface area contributed by atoms with Gasteiger partial charge >= 0.3 is 16.1 Å². The second kappa shape index (κ2) is 6.10. The van der Waals surface area contributed by atoms with Gasteiger partial charge in [0.15, 0.2) is 0 Å². The summed E-state index contributed by atoms with van der Waals surface area (Å²) in [6, 6.07) is 7.15. The first kappa shape index (κ1) is 15.9. The Labute approximate surface area is 125 Å². The van der Waals surface area contributed by atoms with Crippen molar-refractivity contribution in [2.45, 2.75) is 4.90 Å². The standard InChI is InChI=1S/C14H10F2O5S/c1-20-14(17)9-3-2-4-11(7-9)21-22(18,19)13-6-5-10(15)8-12(13)16/h2-8H,1H3. The summed E-state index contributed by atoms with van der Waals surface area (Å²) in [6.45, 7) is 0. The van der Waals surface area contributed by atoms with Crippen molar-refractivity contribution in [3.05, 3.63) is 59.7 Å². The molecule has 0 saturated heterocycles. The number of rotatable bonds is 4. The Bertz CT molecular complexity index is 818. The van der Waals surface area contributed by atoms with E-state index in [4.69, 9.17) is 4.18 Å². The first-order chi connectivity index (χ1) is 10.3. The van der Waals surface area contributed by atoms with E-state index in [0.29, 0.717) is 6.07 Å². The van der Waals surface area contributed by atoms with Crippen molar-refractivity contribution in [2.75, 3.05) is 7.11 Å². The van der Waals surface area contributed by atoms with Gasteiger partial charge < -0.3 is 8.92 Å². The van der Waals surface area contributed by atoms with Gasteiger partial charge in [0.05, 0.1) is 12.7 Å². The van der Waals surface area contributed by atoms with Crippen LogP contribution >= 0.6 is 0 Å². The van der Waals surface area contributed by atoms with E-state index in [1.165, 1.54) is 25.3 Å². The van der Waals surface area contributed by atoms with Gasteiger partial charge in [-0.2, -0.15) is 8.42 Å². The number of esters is 1. The van der Waals surface area contributed by atoms with Crippen LogP contribution in [0.3, 0.4) is 0 Å². The van der Waals surface area contributed by atoms with Crippen molar-refractivity contribution in [3.63, 3.8) is 0 Å². The fourth-order valence-corrected chi connectivity index (χ4v) is 2.62. The van der Waals surface area contributed by atoms with Gasteiger partial charge in [-0.05, 0) is 30.3 Å². The molecule has 0 spiro atoms. The molecule has 2 aromatic carbocycles. The minimum atomic E-state index is -4.50. The summed E-state index contributed by atoms with van der Waals surface area (Å²) in [7, 11) is -3.34. The smallest absolute Gasteiger partial charge is 0.342 e. The number of carbonyl (C=O) groups is 1. The van der Waals surface area contributed by atoms with Gasteiger partial charge in [0.1, 0.15) is 22.3 Å². The molecule has 0 aromatic heterocycles. The summed E-state index contributed by atoms with van der Waals surface area (Å²) < 4.78 is 59.6. The largest absolute Gasteiger partial charge is 0.465 e. The highest BCUT2D eigenvalue weighted by Crippen LogP contribution is 2.22. The van der Waals surface area contributed by atoms with E-state index in [1.807, 2.05) is 0 Å². The maximum atomic E-state index is 13.5. The Morgan fingerprint density at radius 3 is 2.45 bits per heavy atom. The molecular formula is C14H10F2O5S. The zero-order valence-corrected chi connectivity index (χ0v) is 12.1. The average molecular weight is 328 g/mol. The zero-order chi connectivity index (χ0) is 16.3. The van der Waals surface area contributed by atoms with Crippen LogP contribution in [0.25, 0.3) is 0 Å². The minimum Gasteiger partial charge on any atom is -0.465 e. The number of hydrogen-bond donors (Lipinski definition) is 0. The fourth-order valence-electron chi connectivity index (χ4n) is 1.64. The maximum absolute atomic E-state index is 13.5. The molecule has 116 valence electrons. The van der Waals surface area contributed by atoms with E-state index < -0.39 is 32.6 Å². The van der Waals surface area contributed by atoms with Crippen molar-refractivity contribution in [3.8, 4) is 5.75 Å². The number of carbonyl (C=O) groups excluding carboxylic acids is 1. The molecule has 0 atom stereocenters. The van der Waals surface area contributed by atoms with Crippen LogP contribution in [0, 0.1) is 11.6 Å². The molecule has 0 unspecified atom stereocenters. The molecule has 0 amide bonds. The van der Waals surface area contributed by atoms with Crippen LogP contribution in [0.15, 0.2) is 47.4 Å². The zero-order valence-electron chi connectivity index (χ0n) is 11.2. The van der Waals surface area contributed by atoms with Gasteiger partial charge in [-0.15, -0.1) is 0 Å². The van der Waals surface area contributed by atoms with Crippen LogP contribution in [-0.2, 0) is 14.9 Å². The van der Waals surface area contributed by atoms with Gasteiger partial charge in [-0.3, -0.25) is 0 Å². The maximum Gasteiger partial charge on any atom is 0.342 e. The number of benzene rings is 2. The first-order valence-corrected chi connectivity index (χ1v) is 7.32. The van der Waals surface area contributed by atoms with E-state index in [-0.39, 0.29) is 11.3 Å². The summed E-state index contributed by atoms with van der Waals surface area (Å²) in [4.78, 5) is 10.6. The van der Waals surface area contributed by atoms with Crippen molar-refractivity contribution < 1.29 is 30.9 Å². The lowest BCUT2D eigenvalue weighted by atomic mass is 10.2. The van der Waals surface area contributed by atoms with Crippen molar-refractivity contribution in [1.29, 1.82) is 0 Å². The van der Waals surface area contributed by atoms with E-state index in [0.717, 1.165) is 18.2 Å². The Balaban J connectivity index is 2.35. The van der Waals surface area contributed by atoms with Crippen LogP contribution in [0.5, 0.6) is 5.75 Å². The van der Waals surface area contributed by atoms with E-state index >= 15 is 0 Å². The third-order valence-electron chi connectivity index (χ3n) is 2.62. The average Bonchev–Trinajstić information content (AvgIpc) is 2.45. The molecule has 2 aromatic rings. The number of halogens is 2. The molecule has 0 aliphatic rings. The molecule has 2 rings (SSSR count). The summed E-state index contributed by atoms with van der Waals surface area (Å²) >= 11 is 0. The predicted molar refractivity (Wildman–Crippen MR) is 72.0 cm³/mol. The van der Waals surface area contributed by atoms with Crippen LogP contribution in [-0.4, -0.2) is 21.5 Å². The van der Waals surface area contributed by atoms with E-state index in [9.17, 15) is 22.0 Å². The highest BCUT2D eigenvalue weighted by molar-refractivity contribution is 7.87. The normalized spacial score (nSPS) is 11.0. The number of hydrogen-bond acceptors (Lipinski definition) is 5. The summed E-state index contributed by atoms with van der Waals surface area (Å²) in [6.07, 6.45) is 0. The first-order valence-electron chi connectivity index (χ1n) is 5.91. The highest BCUT2D eigenvalue weighted by Gasteiger charge is 2.22. The SMILES string of the molecule is COC(=O)c1cccc(OS(=O)(=O)c2ccc(F)cc2F)c1. The van der Waals surface area contributed by atoms with Crippen molar-refractivity contribution in [1.82, 2.24) is 0 Å². The second-order valence-corrected chi connectivity index (χ2v) is 5.65. The number of ether oxygens (including phenoxy) is 1. The number of methoxy groups -OCH3 is 1. The topological polar surface area (TPSA) is 69.7 Å². The molecule has 5 nitrogen and oxygen atoms in total. The predicted octanol–water partition coefficient (Wildman–Crippen LogP) is 2.52. The molecule has 0 heterocycles. The minimum absolute atomic E-state index is 0.0646. The Morgan fingerprint density at radius 1 is 1.09 bits per heavy atom. The summed E-state index contributed by atoms with van der Waals surface area (Å²) in [5.41, 5.74) is 0.0646. The Morgan fingerprint density at radius 2 is 1.82 bits per heavy atom. The molecule has 8 heteroatoms. The van der Waals surface area contributed by atoms with Gasteiger partial charge in [-0.25, -0.2) is 13.6 Å². The Hall–Kier alpha value is -2.48. The molecule has 0 fully saturated rings. The van der Waals surface area contributed by atoms with E-state index in [2.05, 4.69) is 4.74 Å². The Kier molecular flexibility index (Phi) is 4.41. The molecule has 0 N–H and O–H groups in total. The summed E-state index contributed by atoms with van der Waals surface area (Å²) in [5, 5.41) is 0. The quantitative estimate of drug-likeness (QED) is 0.637. The van der Waals surface area contributed by atoms with Gasteiger partial charge in [-0.1, -0.05) is 6.07 Å². The second-order valence-electron chi connectivity index (χ2n) is 4.13. The molecule has 0 radical (unpaired) electrons. The van der Waals surface area contributed by atoms with Crippen LogP contribution in [0.1, 0.15) is 10.4 Å². The summed E-state index contributed by atoms with van der Waals surface area (Å²) in [5.74, 6) is -3.07. The molecule has 0 aliphatic carbocycles.